The van der Waals surface area contributed by atoms with E-state index in [4.69, 9.17) is 0 Å². The molecule has 0 aliphatic heterocycles. The summed E-state index contributed by atoms with van der Waals surface area (Å²) < 4.78 is 13.8. The van der Waals surface area contributed by atoms with Crippen LogP contribution in [0.3, 0.4) is 0 Å². The zero-order chi connectivity index (χ0) is 14.8. The second-order valence-electron chi connectivity index (χ2n) is 7.02. The molecule has 0 unspecified atom stereocenters. The predicted molar refractivity (Wildman–Crippen MR) is 84.6 cm³/mol. The molecule has 2 rings (SSSR count). The van der Waals surface area contributed by atoms with Crippen molar-refractivity contribution in [2.45, 2.75) is 65.8 Å². The lowest BCUT2D eigenvalue weighted by Gasteiger charge is -2.39. The number of hydrogen-bond acceptors (Lipinski definition) is 1. The summed E-state index contributed by atoms with van der Waals surface area (Å²) in [6.07, 6.45) is 6.06. The maximum Gasteiger partial charge on any atom is 0.146 e. The second-order valence-corrected chi connectivity index (χ2v) is 7.02. The number of anilines is 1. The van der Waals surface area contributed by atoms with E-state index >= 15 is 0 Å². The summed E-state index contributed by atoms with van der Waals surface area (Å²) >= 11 is 0. The Morgan fingerprint density at radius 2 is 1.85 bits per heavy atom. The highest BCUT2D eigenvalue weighted by Crippen LogP contribution is 2.41. The Bertz CT molecular complexity index is 445. The van der Waals surface area contributed by atoms with Crippen molar-refractivity contribution < 1.29 is 4.39 Å². The van der Waals surface area contributed by atoms with Gasteiger partial charge in [0.05, 0.1) is 5.69 Å². The van der Waals surface area contributed by atoms with Gasteiger partial charge in [0.1, 0.15) is 5.82 Å². The summed E-state index contributed by atoms with van der Waals surface area (Å²) in [5.41, 5.74) is 2.22. The smallest absolute Gasteiger partial charge is 0.146 e. The monoisotopic (exact) mass is 277 g/mol. The molecule has 0 heterocycles. The Morgan fingerprint density at radius 1 is 1.20 bits per heavy atom. The molecule has 0 spiro atoms. The quantitative estimate of drug-likeness (QED) is 0.761. The molecule has 1 nitrogen and oxygen atoms in total. The Morgan fingerprint density at radius 3 is 2.45 bits per heavy atom. The molecule has 0 aromatic heterocycles. The van der Waals surface area contributed by atoms with Gasteiger partial charge in [0.2, 0.25) is 0 Å². The van der Waals surface area contributed by atoms with E-state index < -0.39 is 0 Å². The lowest BCUT2D eigenvalue weighted by atomic mass is 9.69. The van der Waals surface area contributed by atoms with Crippen molar-refractivity contribution >= 4 is 5.69 Å². The van der Waals surface area contributed by atoms with E-state index in [1.165, 1.54) is 19.3 Å². The van der Waals surface area contributed by atoms with Crippen LogP contribution in [0.2, 0.25) is 0 Å². The van der Waals surface area contributed by atoms with Crippen molar-refractivity contribution in [3.05, 3.63) is 29.6 Å². The van der Waals surface area contributed by atoms with Crippen LogP contribution in [0, 0.1) is 24.1 Å². The first kappa shape index (κ1) is 15.3. The van der Waals surface area contributed by atoms with Crippen LogP contribution in [0.15, 0.2) is 18.2 Å². The van der Waals surface area contributed by atoms with Gasteiger partial charge in [-0.05, 0) is 61.6 Å². The fraction of sp³-hybridized carbons (Fsp3) is 0.667. The molecule has 1 saturated carbocycles. The van der Waals surface area contributed by atoms with Gasteiger partial charge in [0.25, 0.3) is 0 Å². The van der Waals surface area contributed by atoms with E-state index in [0.717, 1.165) is 24.3 Å². The Hall–Kier alpha value is -1.05. The summed E-state index contributed by atoms with van der Waals surface area (Å²) in [5.74, 6) is 0.680. The normalized spacial score (nSPS) is 23.6. The molecule has 1 fully saturated rings. The zero-order valence-corrected chi connectivity index (χ0v) is 13.3. The maximum absolute atomic E-state index is 13.8. The van der Waals surface area contributed by atoms with Crippen molar-refractivity contribution in [2.75, 3.05) is 5.32 Å². The van der Waals surface area contributed by atoms with Crippen molar-refractivity contribution in [1.82, 2.24) is 0 Å². The molecule has 1 aliphatic carbocycles. The van der Waals surface area contributed by atoms with Gasteiger partial charge < -0.3 is 5.32 Å². The molecule has 0 atom stereocenters. The van der Waals surface area contributed by atoms with E-state index in [0.29, 0.717) is 17.1 Å². The van der Waals surface area contributed by atoms with Crippen molar-refractivity contribution in [3.63, 3.8) is 0 Å². The van der Waals surface area contributed by atoms with Gasteiger partial charge in [-0.1, -0.05) is 33.3 Å². The molecule has 20 heavy (non-hydrogen) atoms. The van der Waals surface area contributed by atoms with Crippen LogP contribution >= 0.6 is 0 Å². The molecule has 2 heteroatoms. The largest absolute Gasteiger partial charge is 0.380 e. The van der Waals surface area contributed by atoms with Crippen LogP contribution in [0.4, 0.5) is 10.1 Å². The summed E-state index contributed by atoms with van der Waals surface area (Å²) in [6, 6.07) is 5.72. The van der Waals surface area contributed by atoms with Crippen LogP contribution in [-0.4, -0.2) is 6.04 Å². The van der Waals surface area contributed by atoms with Crippen LogP contribution in [0.1, 0.15) is 58.4 Å². The second kappa shape index (κ2) is 6.15. The number of nitrogens with one attached hydrogen (secondary N) is 1. The first-order valence-corrected chi connectivity index (χ1v) is 7.95. The van der Waals surface area contributed by atoms with Gasteiger partial charge in [-0.15, -0.1) is 0 Å². The third kappa shape index (κ3) is 3.53. The van der Waals surface area contributed by atoms with Crippen molar-refractivity contribution in [3.8, 4) is 0 Å². The molecule has 0 amide bonds. The van der Waals surface area contributed by atoms with E-state index in [1.807, 2.05) is 19.1 Å². The van der Waals surface area contributed by atoms with Crippen LogP contribution < -0.4 is 5.32 Å². The molecule has 0 saturated heterocycles. The van der Waals surface area contributed by atoms with Gasteiger partial charge in [0, 0.05) is 6.04 Å². The summed E-state index contributed by atoms with van der Waals surface area (Å²) in [4.78, 5) is 0. The minimum absolute atomic E-state index is 0.133. The Labute approximate surface area is 123 Å². The summed E-state index contributed by atoms with van der Waals surface area (Å²) in [6.45, 7) is 9.05. The number of benzene rings is 1. The van der Waals surface area contributed by atoms with Crippen molar-refractivity contribution in [2.24, 2.45) is 11.3 Å². The van der Waals surface area contributed by atoms with Gasteiger partial charge >= 0.3 is 0 Å². The maximum atomic E-state index is 13.8. The molecule has 112 valence electrons. The highest BCUT2D eigenvalue weighted by atomic mass is 19.1. The average molecular weight is 277 g/mol. The van der Waals surface area contributed by atoms with Crippen LogP contribution in [0.25, 0.3) is 0 Å². The fourth-order valence-corrected chi connectivity index (χ4v) is 3.28. The zero-order valence-electron chi connectivity index (χ0n) is 13.3. The minimum Gasteiger partial charge on any atom is -0.380 e. The fourth-order valence-electron chi connectivity index (χ4n) is 3.28. The van der Waals surface area contributed by atoms with Gasteiger partial charge in [0.15, 0.2) is 0 Å². The summed E-state index contributed by atoms with van der Waals surface area (Å²) in [5, 5.41) is 3.40. The number of rotatable bonds is 4. The highest BCUT2D eigenvalue weighted by molar-refractivity contribution is 5.47. The Kier molecular flexibility index (Phi) is 4.72. The third-order valence-corrected chi connectivity index (χ3v) is 5.23. The number of hydrogen-bond donors (Lipinski definition) is 1. The van der Waals surface area contributed by atoms with Gasteiger partial charge in [-0.3, -0.25) is 0 Å². The molecular formula is C18H28FN. The number of aryl methyl sites for hydroxylation is 1. The minimum atomic E-state index is -0.133. The Balaban J connectivity index is 1.93. The van der Waals surface area contributed by atoms with Crippen LogP contribution in [-0.2, 0) is 0 Å². The molecule has 1 aromatic carbocycles. The molecule has 0 bridgehead atoms. The average Bonchev–Trinajstić information content (AvgIpc) is 2.43. The predicted octanol–water partition coefficient (Wildman–Crippen LogP) is 5.54. The van der Waals surface area contributed by atoms with Crippen LogP contribution in [0.5, 0.6) is 0 Å². The number of halogens is 1. The first-order chi connectivity index (χ1) is 9.42. The molecule has 0 radical (unpaired) electrons. The highest BCUT2D eigenvalue weighted by Gasteiger charge is 2.31. The molecule has 1 aromatic rings. The van der Waals surface area contributed by atoms with Gasteiger partial charge in [-0.2, -0.15) is 0 Å². The van der Waals surface area contributed by atoms with E-state index in [1.54, 1.807) is 6.07 Å². The first-order valence-electron chi connectivity index (χ1n) is 7.95. The van der Waals surface area contributed by atoms with Crippen molar-refractivity contribution in [1.29, 1.82) is 0 Å². The SMILES string of the molecule is CCC(C)(C)C1CCC(Nc2cc(C)ccc2F)CC1. The van der Waals surface area contributed by atoms with E-state index in [2.05, 4.69) is 26.1 Å². The van der Waals surface area contributed by atoms with E-state index in [9.17, 15) is 4.39 Å². The standard InChI is InChI=1S/C18H28FN/c1-5-18(3,4)14-7-9-15(10-8-14)20-17-12-13(2)6-11-16(17)19/h6,11-12,14-15,20H,5,7-10H2,1-4H3. The molecule has 1 aliphatic rings. The van der Waals surface area contributed by atoms with E-state index in [-0.39, 0.29) is 5.82 Å². The topological polar surface area (TPSA) is 12.0 Å². The summed E-state index contributed by atoms with van der Waals surface area (Å²) in [7, 11) is 0. The lowest BCUT2D eigenvalue weighted by molar-refractivity contribution is 0.147. The lowest BCUT2D eigenvalue weighted by Crippen LogP contribution is -2.32. The molecular weight excluding hydrogens is 249 g/mol. The third-order valence-electron chi connectivity index (χ3n) is 5.23. The van der Waals surface area contributed by atoms with Gasteiger partial charge in [-0.25, -0.2) is 4.39 Å². The molecule has 1 N–H and O–H groups in total.